The van der Waals surface area contributed by atoms with Gasteiger partial charge in [-0.1, -0.05) is 23.7 Å². The van der Waals surface area contributed by atoms with E-state index in [1.165, 1.54) is 18.3 Å². The van der Waals surface area contributed by atoms with E-state index in [2.05, 4.69) is 10.3 Å². The lowest BCUT2D eigenvalue weighted by Gasteiger charge is -2.12. The number of carbonyl (C=O) groups excluding carboxylic acids is 1. The lowest BCUT2D eigenvalue weighted by atomic mass is 10.0. The van der Waals surface area contributed by atoms with Crippen LogP contribution in [0.25, 0.3) is 11.1 Å². The molecule has 3 N–H and O–H groups in total. The second-order valence-electron chi connectivity index (χ2n) is 5.85. The van der Waals surface area contributed by atoms with Gasteiger partial charge in [0.1, 0.15) is 5.82 Å². The molecule has 27 heavy (non-hydrogen) atoms. The number of benzene rings is 2. The maximum atomic E-state index is 12.7. The van der Waals surface area contributed by atoms with E-state index in [1.54, 1.807) is 30.3 Å². The molecule has 8 heteroatoms. The molecule has 2 aromatic carbocycles. The number of amides is 1. The first kappa shape index (κ1) is 18.3. The summed E-state index contributed by atoms with van der Waals surface area (Å²) in [7, 11) is 0. The fourth-order valence-corrected chi connectivity index (χ4v) is 2.83. The van der Waals surface area contributed by atoms with Crippen LogP contribution in [0, 0.1) is 17.0 Å². The summed E-state index contributed by atoms with van der Waals surface area (Å²) in [6.45, 7) is 1.83. The molecule has 0 radical (unpaired) electrons. The maximum Gasteiger partial charge on any atom is 0.269 e. The number of nitro groups is 1. The van der Waals surface area contributed by atoms with Crippen molar-refractivity contribution in [3.63, 3.8) is 0 Å². The Hall–Kier alpha value is -3.45. The molecule has 0 fully saturated rings. The first-order chi connectivity index (χ1) is 12.9. The molecule has 0 spiro atoms. The van der Waals surface area contributed by atoms with Gasteiger partial charge in [0.2, 0.25) is 0 Å². The number of carbonyl (C=O) groups is 1. The van der Waals surface area contributed by atoms with Crippen molar-refractivity contribution in [3.8, 4) is 11.1 Å². The van der Waals surface area contributed by atoms with Gasteiger partial charge < -0.3 is 11.1 Å². The van der Waals surface area contributed by atoms with Crippen molar-refractivity contribution in [2.75, 3.05) is 11.1 Å². The largest absolute Gasteiger partial charge is 0.383 e. The molecule has 3 rings (SSSR count). The van der Waals surface area contributed by atoms with Crippen LogP contribution in [0.5, 0.6) is 0 Å². The Labute approximate surface area is 160 Å². The standard InChI is InChI=1S/C19H15ClN4O3/c1-11-3-2-4-16(20)17(11)23-19(25)15-9-13(10-22-18(15)21)12-5-7-14(8-6-12)24(26)27/h2-10H,1H3,(H2,21,22)(H,23,25). The third-order valence-electron chi connectivity index (χ3n) is 4.04. The molecule has 0 aliphatic heterocycles. The first-order valence-electron chi connectivity index (χ1n) is 7.93. The minimum Gasteiger partial charge on any atom is -0.383 e. The lowest BCUT2D eigenvalue weighted by molar-refractivity contribution is -0.384. The van der Waals surface area contributed by atoms with Crippen molar-refractivity contribution in [2.45, 2.75) is 6.92 Å². The number of aryl methyl sites for hydroxylation is 1. The number of nitrogen functional groups attached to an aromatic ring is 1. The average molecular weight is 383 g/mol. The van der Waals surface area contributed by atoms with Gasteiger partial charge in [0.15, 0.2) is 0 Å². The summed E-state index contributed by atoms with van der Waals surface area (Å²) in [5, 5.41) is 14.0. The molecule has 0 aliphatic rings. The predicted molar refractivity (Wildman–Crippen MR) is 105 cm³/mol. The quantitative estimate of drug-likeness (QED) is 0.511. The van der Waals surface area contributed by atoms with Crippen LogP contribution in [0.15, 0.2) is 54.7 Å². The molecular formula is C19H15ClN4O3. The molecule has 0 unspecified atom stereocenters. The van der Waals surface area contributed by atoms with Crippen LogP contribution in [-0.2, 0) is 0 Å². The zero-order valence-electron chi connectivity index (χ0n) is 14.3. The van der Waals surface area contributed by atoms with E-state index in [0.717, 1.165) is 5.56 Å². The maximum absolute atomic E-state index is 12.7. The van der Waals surface area contributed by atoms with Crippen LogP contribution < -0.4 is 11.1 Å². The van der Waals surface area contributed by atoms with Gasteiger partial charge in [0.05, 0.1) is 21.2 Å². The normalized spacial score (nSPS) is 10.4. The number of rotatable bonds is 4. The minimum atomic E-state index is -0.476. The zero-order chi connectivity index (χ0) is 19.6. The summed E-state index contributed by atoms with van der Waals surface area (Å²) in [5.41, 5.74) is 8.64. The van der Waals surface area contributed by atoms with Crippen LogP contribution in [-0.4, -0.2) is 15.8 Å². The Kier molecular flexibility index (Phi) is 5.05. The number of para-hydroxylation sites is 1. The predicted octanol–water partition coefficient (Wildman–Crippen LogP) is 4.45. The number of aromatic nitrogens is 1. The summed E-state index contributed by atoms with van der Waals surface area (Å²) in [5.74, 6) is -0.372. The number of non-ortho nitro benzene ring substituents is 1. The van der Waals surface area contributed by atoms with Crippen molar-refractivity contribution in [2.24, 2.45) is 0 Å². The van der Waals surface area contributed by atoms with Gasteiger partial charge >= 0.3 is 0 Å². The Morgan fingerprint density at radius 3 is 2.52 bits per heavy atom. The van der Waals surface area contributed by atoms with Crippen LogP contribution in [0.1, 0.15) is 15.9 Å². The topological polar surface area (TPSA) is 111 Å². The number of nitro benzene ring substituents is 1. The van der Waals surface area contributed by atoms with Gasteiger partial charge in [0, 0.05) is 23.9 Å². The number of halogens is 1. The number of nitrogens with zero attached hydrogens (tertiary/aromatic N) is 2. The molecule has 0 atom stereocenters. The summed E-state index contributed by atoms with van der Waals surface area (Å²) >= 11 is 6.15. The Morgan fingerprint density at radius 1 is 1.19 bits per heavy atom. The first-order valence-corrected chi connectivity index (χ1v) is 8.31. The summed E-state index contributed by atoms with van der Waals surface area (Å²) in [4.78, 5) is 27.1. The molecule has 1 aromatic heterocycles. The SMILES string of the molecule is Cc1cccc(Cl)c1NC(=O)c1cc(-c2ccc([N+](=O)[O-])cc2)cnc1N. The van der Waals surface area contributed by atoms with Crippen LogP contribution >= 0.6 is 11.6 Å². The summed E-state index contributed by atoms with van der Waals surface area (Å²) < 4.78 is 0. The molecule has 0 aliphatic carbocycles. The number of nitrogens with one attached hydrogen (secondary N) is 1. The number of hydrogen-bond donors (Lipinski definition) is 2. The smallest absolute Gasteiger partial charge is 0.269 e. The highest BCUT2D eigenvalue weighted by atomic mass is 35.5. The van der Waals surface area contributed by atoms with Gasteiger partial charge in [-0.2, -0.15) is 0 Å². The molecule has 0 saturated carbocycles. The summed E-state index contributed by atoms with van der Waals surface area (Å²) in [6, 6.07) is 12.8. The van der Waals surface area contributed by atoms with E-state index in [9.17, 15) is 14.9 Å². The minimum absolute atomic E-state index is 0.0192. The second kappa shape index (κ2) is 7.43. The Morgan fingerprint density at radius 2 is 1.89 bits per heavy atom. The van der Waals surface area contributed by atoms with E-state index < -0.39 is 10.8 Å². The molecular weight excluding hydrogens is 368 g/mol. The van der Waals surface area contributed by atoms with Gasteiger partial charge in [-0.05, 0) is 42.3 Å². The molecule has 7 nitrogen and oxygen atoms in total. The van der Waals surface area contributed by atoms with Crippen LogP contribution in [0.4, 0.5) is 17.2 Å². The highest BCUT2D eigenvalue weighted by molar-refractivity contribution is 6.34. The lowest BCUT2D eigenvalue weighted by Crippen LogP contribution is -2.16. The fraction of sp³-hybridized carbons (Fsp3) is 0.0526. The fourth-order valence-electron chi connectivity index (χ4n) is 2.56. The number of nitrogens with two attached hydrogens (primary N) is 1. The average Bonchev–Trinajstić information content (AvgIpc) is 2.65. The number of pyridine rings is 1. The van der Waals surface area contributed by atoms with Crippen molar-refractivity contribution < 1.29 is 9.72 Å². The molecule has 136 valence electrons. The second-order valence-corrected chi connectivity index (χ2v) is 6.25. The van der Waals surface area contributed by atoms with E-state index in [1.807, 2.05) is 13.0 Å². The van der Waals surface area contributed by atoms with Crippen molar-refractivity contribution >= 4 is 34.7 Å². The molecule has 1 heterocycles. The number of hydrogen-bond acceptors (Lipinski definition) is 5. The van der Waals surface area contributed by atoms with Crippen LogP contribution in [0.3, 0.4) is 0 Å². The third kappa shape index (κ3) is 3.88. The Balaban J connectivity index is 1.93. The van der Waals surface area contributed by atoms with Gasteiger partial charge in [-0.15, -0.1) is 0 Å². The van der Waals surface area contributed by atoms with Gasteiger partial charge in [-0.25, -0.2) is 4.98 Å². The van der Waals surface area contributed by atoms with Crippen molar-refractivity contribution in [1.82, 2.24) is 4.98 Å². The molecule has 0 saturated heterocycles. The molecule has 0 bridgehead atoms. The Bertz CT molecular complexity index is 1020. The molecule has 3 aromatic rings. The van der Waals surface area contributed by atoms with Gasteiger partial charge in [-0.3, -0.25) is 14.9 Å². The van der Waals surface area contributed by atoms with E-state index >= 15 is 0 Å². The zero-order valence-corrected chi connectivity index (χ0v) is 15.0. The monoisotopic (exact) mass is 382 g/mol. The van der Waals surface area contributed by atoms with E-state index in [0.29, 0.717) is 21.8 Å². The number of anilines is 2. The van der Waals surface area contributed by atoms with Crippen molar-refractivity contribution in [3.05, 3.63) is 81.0 Å². The summed E-state index contributed by atoms with van der Waals surface area (Å²) in [6.07, 6.45) is 1.51. The molecule has 1 amide bonds. The highest BCUT2D eigenvalue weighted by Crippen LogP contribution is 2.28. The van der Waals surface area contributed by atoms with Crippen LogP contribution in [0.2, 0.25) is 5.02 Å². The van der Waals surface area contributed by atoms with E-state index in [4.69, 9.17) is 17.3 Å². The van der Waals surface area contributed by atoms with Crippen molar-refractivity contribution in [1.29, 1.82) is 0 Å². The highest BCUT2D eigenvalue weighted by Gasteiger charge is 2.16. The van der Waals surface area contributed by atoms with Gasteiger partial charge in [0.25, 0.3) is 11.6 Å². The third-order valence-corrected chi connectivity index (χ3v) is 4.35. The van der Waals surface area contributed by atoms with E-state index in [-0.39, 0.29) is 17.1 Å².